The van der Waals surface area contributed by atoms with Crippen molar-refractivity contribution < 1.29 is 9.94 Å². The monoisotopic (exact) mass is 273 g/mol. The summed E-state index contributed by atoms with van der Waals surface area (Å²) in [6, 6.07) is 9.79. The zero-order chi connectivity index (χ0) is 14.4. The van der Waals surface area contributed by atoms with Gasteiger partial charge in [-0.25, -0.2) is 0 Å². The minimum Gasteiger partial charge on any atom is -0.493 e. The molecule has 20 heavy (non-hydrogen) atoms. The van der Waals surface area contributed by atoms with Crippen LogP contribution in [0, 0.1) is 0 Å². The molecule has 0 aliphatic heterocycles. The Bertz CT molecular complexity index is 590. The second kappa shape index (κ2) is 6.75. The van der Waals surface area contributed by atoms with Crippen molar-refractivity contribution in [3.05, 3.63) is 36.0 Å². The summed E-state index contributed by atoms with van der Waals surface area (Å²) in [7, 11) is 0. The molecule has 0 radical (unpaired) electrons. The molecule has 106 valence electrons. The van der Waals surface area contributed by atoms with Crippen LogP contribution in [0.1, 0.15) is 26.0 Å². The SMILES string of the molecule is CCCOc1ccccc1-c1cc(C/C(C)=N/O)[nH]n1. The van der Waals surface area contributed by atoms with E-state index in [1.807, 2.05) is 30.3 Å². The average molecular weight is 273 g/mol. The lowest BCUT2D eigenvalue weighted by Gasteiger charge is -2.08. The minimum absolute atomic E-state index is 0.543. The fourth-order valence-corrected chi connectivity index (χ4v) is 1.92. The Morgan fingerprint density at radius 1 is 1.40 bits per heavy atom. The van der Waals surface area contributed by atoms with Crippen LogP contribution in [0.15, 0.2) is 35.5 Å². The third-order valence-electron chi connectivity index (χ3n) is 2.87. The van der Waals surface area contributed by atoms with Crippen molar-refractivity contribution in [1.82, 2.24) is 10.2 Å². The summed E-state index contributed by atoms with van der Waals surface area (Å²) in [6.07, 6.45) is 1.51. The summed E-state index contributed by atoms with van der Waals surface area (Å²) in [5.74, 6) is 0.833. The summed E-state index contributed by atoms with van der Waals surface area (Å²) >= 11 is 0. The van der Waals surface area contributed by atoms with Gasteiger partial charge in [0.2, 0.25) is 0 Å². The van der Waals surface area contributed by atoms with Gasteiger partial charge in [0.1, 0.15) is 5.75 Å². The number of benzene rings is 1. The first kappa shape index (κ1) is 14.1. The summed E-state index contributed by atoms with van der Waals surface area (Å²) in [5.41, 5.74) is 3.33. The highest BCUT2D eigenvalue weighted by Gasteiger charge is 2.10. The number of rotatable bonds is 6. The minimum atomic E-state index is 0.543. The summed E-state index contributed by atoms with van der Waals surface area (Å²) in [6.45, 7) is 4.52. The predicted molar refractivity (Wildman–Crippen MR) is 78.4 cm³/mol. The van der Waals surface area contributed by atoms with Crippen LogP contribution in [0.4, 0.5) is 0 Å². The van der Waals surface area contributed by atoms with E-state index < -0.39 is 0 Å². The highest BCUT2D eigenvalue weighted by Crippen LogP contribution is 2.28. The fourth-order valence-electron chi connectivity index (χ4n) is 1.92. The number of nitrogens with zero attached hydrogens (tertiary/aromatic N) is 2. The van der Waals surface area contributed by atoms with Crippen molar-refractivity contribution in [2.24, 2.45) is 5.16 Å². The first-order valence-electron chi connectivity index (χ1n) is 6.68. The molecule has 0 atom stereocenters. The molecule has 0 saturated carbocycles. The molecule has 1 aromatic carbocycles. The Labute approximate surface area is 118 Å². The van der Waals surface area contributed by atoms with E-state index in [0.717, 1.165) is 29.1 Å². The number of hydrogen-bond acceptors (Lipinski definition) is 4. The summed E-state index contributed by atoms with van der Waals surface area (Å²) in [4.78, 5) is 0. The first-order valence-corrected chi connectivity index (χ1v) is 6.68. The molecular weight excluding hydrogens is 254 g/mol. The van der Waals surface area contributed by atoms with Gasteiger partial charge in [-0.05, 0) is 31.5 Å². The van der Waals surface area contributed by atoms with Gasteiger partial charge in [0.25, 0.3) is 0 Å². The third-order valence-corrected chi connectivity index (χ3v) is 2.87. The number of ether oxygens (including phenoxy) is 1. The summed E-state index contributed by atoms with van der Waals surface area (Å²) < 4.78 is 5.73. The number of para-hydroxylation sites is 1. The van der Waals surface area contributed by atoms with E-state index in [9.17, 15) is 0 Å². The Hall–Kier alpha value is -2.30. The molecule has 0 saturated heterocycles. The fraction of sp³-hybridized carbons (Fsp3) is 0.333. The van der Waals surface area contributed by atoms with Gasteiger partial charge in [-0.2, -0.15) is 5.10 Å². The van der Waals surface area contributed by atoms with E-state index in [2.05, 4.69) is 22.3 Å². The second-order valence-electron chi connectivity index (χ2n) is 4.64. The first-order chi connectivity index (χ1) is 9.74. The van der Waals surface area contributed by atoms with Crippen LogP contribution >= 0.6 is 0 Å². The zero-order valence-corrected chi connectivity index (χ0v) is 11.8. The van der Waals surface area contributed by atoms with Crippen molar-refractivity contribution in [3.63, 3.8) is 0 Å². The van der Waals surface area contributed by atoms with Gasteiger partial charge in [-0.15, -0.1) is 0 Å². The molecule has 2 rings (SSSR count). The number of H-pyrrole nitrogens is 1. The van der Waals surface area contributed by atoms with Gasteiger partial charge in [0, 0.05) is 17.7 Å². The van der Waals surface area contributed by atoms with Crippen LogP contribution in [-0.4, -0.2) is 27.7 Å². The third kappa shape index (κ3) is 3.38. The molecule has 0 unspecified atom stereocenters. The molecule has 1 heterocycles. The van der Waals surface area contributed by atoms with Crippen LogP contribution < -0.4 is 4.74 Å². The average Bonchev–Trinajstić information content (AvgIpc) is 2.93. The van der Waals surface area contributed by atoms with E-state index in [-0.39, 0.29) is 0 Å². The maximum absolute atomic E-state index is 8.69. The van der Waals surface area contributed by atoms with E-state index in [1.54, 1.807) is 6.92 Å². The predicted octanol–water partition coefficient (Wildman–Crippen LogP) is 3.26. The lowest BCUT2D eigenvalue weighted by atomic mass is 10.1. The van der Waals surface area contributed by atoms with E-state index in [4.69, 9.17) is 9.94 Å². The zero-order valence-electron chi connectivity index (χ0n) is 11.8. The Morgan fingerprint density at radius 3 is 2.95 bits per heavy atom. The van der Waals surface area contributed by atoms with Gasteiger partial charge < -0.3 is 9.94 Å². The summed E-state index contributed by atoms with van der Waals surface area (Å²) in [5, 5.41) is 19.1. The van der Waals surface area contributed by atoms with Crippen molar-refractivity contribution in [3.8, 4) is 17.0 Å². The molecule has 0 spiro atoms. The quantitative estimate of drug-likeness (QED) is 0.482. The lowest BCUT2D eigenvalue weighted by Crippen LogP contribution is -1.97. The standard InChI is InChI=1S/C15H19N3O2/c1-3-8-20-15-7-5-4-6-13(15)14-10-12(16-17-14)9-11(2)18-19/h4-7,10,19H,3,8-9H2,1-2H3,(H,16,17)/b18-11+. The molecule has 5 heteroatoms. The van der Waals surface area contributed by atoms with Crippen LogP contribution in [0.25, 0.3) is 11.3 Å². The molecule has 0 aliphatic rings. The Kier molecular flexibility index (Phi) is 4.76. The van der Waals surface area contributed by atoms with Gasteiger partial charge in [0.05, 0.1) is 18.0 Å². The highest BCUT2D eigenvalue weighted by atomic mass is 16.5. The number of nitrogens with one attached hydrogen (secondary N) is 1. The second-order valence-corrected chi connectivity index (χ2v) is 4.64. The van der Waals surface area contributed by atoms with Crippen molar-refractivity contribution in [2.75, 3.05) is 6.61 Å². The van der Waals surface area contributed by atoms with Crippen LogP contribution in [-0.2, 0) is 6.42 Å². The number of aromatic amines is 1. The van der Waals surface area contributed by atoms with Gasteiger partial charge >= 0.3 is 0 Å². The van der Waals surface area contributed by atoms with E-state index in [1.165, 1.54) is 0 Å². The van der Waals surface area contributed by atoms with Crippen LogP contribution in [0.3, 0.4) is 0 Å². The molecule has 2 N–H and O–H groups in total. The molecule has 2 aromatic rings. The lowest BCUT2D eigenvalue weighted by molar-refractivity contribution is 0.317. The van der Waals surface area contributed by atoms with Gasteiger partial charge in [0.15, 0.2) is 0 Å². The van der Waals surface area contributed by atoms with Crippen molar-refractivity contribution in [1.29, 1.82) is 0 Å². The molecule has 5 nitrogen and oxygen atoms in total. The molecule has 0 amide bonds. The Morgan fingerprint density at radius 2 is 2.20 bits per heavy atom. The molecule has 0 aliphatic carbocycles. The van der Waals surface area contributed by atoms with Crippen molar-refractivity contribution in [2.45, 2.75) is 26.7 Å². The number of hydrogen-bond donors (Lipinski definition) is 2. The number of aromatic nitrogens is 2. The molecule has 1 aromatic heterocycles. The van der Waals surface area contributed by atoms with E-state index >= 15 is 0 Å². The maximum atomic E-state index is 8.69. The topological polar surface area (TPSA) is 70.5 Å². The Balaban J connectivity index is 2.23. The van der Waals surface area contributed by atoms with Gasteiger partial charge in [-0.1, -0.05) is 24.2 Å². The van der Waals surface area contributed by atoms with Crippen molar-refractivity contribution >= 4 is 5.71 Å². The van der Waals surface area contributed by atoms with Crippen LogP contribution in [0.2, 0.25) is 0 Å². The van der Waals surface area contributed by atoms with Crippen LogP contribution in [0.5, 0.6) is 5.75 Å². The normalized spacial score (nSPS) is 11.6. The molecular formula is C15H19N3O2. The van der Waals surface area contributed by atoms with E-state index in [0.29, 0.717) is 18.7 Å². The smallest absolute Gasteiger partial charge is 0.128 e. The molecule has 0 bridgehead atoms. The molecule has 0 fully saturated rings. The highest BCUT2D eigenvalue weighted by molar-refractivity contribution is 5.83. The maximum Gasteiger partial charge on any atom is 0.128 e. The van der Waals surface area contributed by atoms with Gasteiger partial charge in [-0.3, -0.25) is 5.10 Å². The largest absolute Gasteiger partial charge is 0.493 e. The number of oxime groups is 1.